The third-order valence-corrected chi connectivity index (χ3v) is 16.5. The van der Waals surface area contributed by atoms with E-state index in [0.29, 0.717) is 12.8 Å². The Balaban J connectivity index is 3.49. The van der Waals surface area contributed by atoms with Crippen molar-refractivity contribution in [2.24, 2.45) is 0 Å². The molecule has 0 aromatic heterocycles. The van der Waals surface area contributed by atoms with Gasteiger partial charge >= 0.3 is 11.9 Å². The number of unbranched alkanes of at least 4 members (excludes halogenated alkanes) is 41. The summed E-state index contributed by atoms with van der Waals surface area (Å²) in [6.07, 6.45) is 113. The fraction of sp³-hybridized carbons (Fsp3) is 0.732. The predicted octanol–water partition coefficient (Wildman–Crippen LogP) is 26.5. The van der Waals surface area contributed by atoms with Gasteiger partial charge in [0.2, 0.25) is 0 Å². The standard InChI is InChI=1S/C82H142O5/c1-3-5-7-9-11-13-15-17-19-21-23-25-27-29-31-33-35-37-38-39-40-41-42-43-44-45-47-49-51-53-55-57-59-61-63-65-67-69-71-73-75-77-82(85)87-80(78-83)79-86-81(84)76-74-72-70-68-66-64-62-60-58-56-54-52-50-48-46-36-34-32-30-28-26-24-22-20-18-16-14-12-10-8-6-4-2/h5,7,11,13,17,19,23,25,29,31,35,37,39-40,42-43,45,47,51,53,80,83H,3-4,6,8-10,12,14-16,18,20-22,24,26-28,30,32-34,36,38,41,44,46,48-50,52,54-79H2,1-2H3/b7-5-,13-11-,19-17-,25-23-,31-29-,37-35-,40-39-,43-42-,47-45-,53-51-. The Hall–Kier alpha value is -3.70. The molecule has 1 unspecified atom stereocenters. The maximum Gasteiger partial charge on any atom is 0.306 e. The van der Waals surface area contributed by atoms with Gasteiger partial charge in [0.25, 0.3) is 0 Å². The minimum absolute atomic E-state index is 0.0686. The van der Waals surface area contributed by atoms with Gasteiger partial charge in [0, 0.05) is 12.8 Å². The molecule has 5 nitrogen and oxygen atoms in total. The Morgan fingerprint density at radius 1 is 0.276 bits per heavy atom. The van der Waals surface area contributed by atoms with Gasteiger partial charge in [-0.15, -0.1) is 0 Å². The van der Waals surface area contributed by atoms with Gasteiger partial charge in [-0.25, -0.2) is 0 Å². The first-order valence-corrected chi connectivity index (χ1v) is 37.6. The number of aliphatic hydroxyl groups is 1. The molecule has 0 radical (unpaired) electrons. The van der Waals surface area contributed by atoms with E-state index < -0.39 is 6.10 Å². The van der Waals surface area contributed by atoms with Crippen molar-refractivity contribution in [3.63, 3.8) is 0 Å². The van der Waals surface area contributed by atoms with Gasteiger partial charge in [0.1, 0.15) is 6.61 Å². The molecule has 1 atom stereocenters. The van der Waals surface area contributed by atoms with Crippen LogP contribution in [0.5, 0.6) is 0 Å². The van der Waals surface area contributed by atoms with E-state index in [1.54, 1.807) is 0 Å². The summed E-state index contributed by atoms with van der Waals surface area (Å²) in [6, 6.07) is 0. The van der Waals surface area contributed by atoms with Crippen molar-refractivity contribution in [2.75, 3.05) is 13.2 Å². The van der Waals surface area contributed by atoms with Crippen molar-refractivity contribution in [1.29, 1.82) is 0 Å². The number of aliphatic hydroxyl groups excluding tert-OH is 1. The maximum atomic E-state index is 12.4. The largest absolute Gasteiger partial charge is 0.462 e. The zero-order chi connectivity index (χ0) is 62.6. The van der Waals surface area contributed by atoms with Crippen molar-refractivity contribution < 1.29 is 24.2 Å². The second-order valence-electron chi connectivity index (χ2n) is 25.0. The van der Waals surface area contributed by atoms with E-state index in [4.69, 9.17) is 9.47 Å². The Bertz CT molecular complexity index is 1700. The van der Waals surface area contributed by atoms with Gasteiger partial charge in [-0.3, -0.25) is 9.59 Å². The van der Waals surface area contributed by atoms with Crippen LogP contribution >= 0.6 is 0 Å². The smallest absolute Gasteiger partial charge is 0.306 e. The molecule has 0 aromatic rings. The van der Waals surface area contributed by atoms with E-state index in [1.807, 2.05) is 0 Å². The van der Waals surface area contributed by atoms with E-state index in [-0.39, 0.29) is 25.2 Å². The first kappa shape index (κ1) is 83.3. The number of esters is 2. The molecule has 1 N–H and O–H groups in total. The average Bonchev–Trinajstić information content (AvgIpc) is 3.53. The molecule has 0 heterocycles. The van der Waals surface area contributed by atoms with Crippen molar-refractivity contribution in [3.8, 4) is 0 Å². The highest BCUT2D eigenvalue weighted by atomic mass is 16.6. The van der Waals surface area contributed by atoms with Gasteiger partial charge in [-0.1, -0.05) is 386 Å². The molecule has 0 aliphatic carbocycles. The molecule has 0 bridgehead atoms. The zero-order valence-corrected chi connectivity index (χ0v) is 57.5. The number of rotatable bonds is 69. The van der Waals surface area contributed by atoms with Gasteiger partial charge in [0.05, 0.1) is 6.61 Å². The molecule has 0 spiro atoms. The summed E-state index contributed by atoms with van der Waals surface area (Å²) in [4.78, 5) is 24.7. The summed E-state index contributed by atoms with van der Waals surface area (Å²) in [7, 11) is 0. The van der Waals surface area contributed by atoms with Crippen LogP contribution in [-0.2, 0) is 19.1 Å². The van der Waals surface area contributed by atoms with Gasteiger partial charge in [-0.2, -0.15) is 0 Å². The fourth-order valence-corrected chi connectivity index (χ4v) is 10.9. The van der Waals surface area contributed by atoms with Gasteiger partial charge < -0.3 is 14.6 Å². The van der Waals surface area contributed by atoms with E-state index >= 15 is 0 Å². The second kappa shape index (κ2) is 76.5. The summed E-state index contributed by atoms with van der Waals surface area (Å²) >= 11 is 0. The van der Waals surface area contributed by atoms with Crippen LogP contribution in [0.2, 0.25) is 0 Å². The quantitative estimate of drug-likeness (QED) is 0.0373. The van der Waals surface area contributed by atoms with Crippen LogP contribution < -0.4 is 0 Å². The lowest BCUT2D eigenvalue weighted by atomic mass is 10.0. The van der Waals surface area contributed by atoms with E-state index in [0.717, 1.165) is 103 Å². The molecule has 5 heteroatoms. The molecule has 0 aliphatic heterocycles. The molecule has 0 fully saturated rings. The third kappa shape index (κ3) is 74.7. The molecule has 500 valence electrons. The van der Waals surface area contributed by atoms with Crippen LogP contribution in [0.3, 0.4) is 0 Å². The van der Waals surface area contributed by atoms with Gasteiger partial charge in [0.15, 0.2) is 6.10 Å². The van der Waals surface area contributed by atoms with Crippen molar-refractivity contribution in [3.05, 3.63) is 122 Å². The summed E-state index contributed by atoms with van der Waals surface area (Å²) in [5, 5.41) is 9.72. The monoisotopic (exact) mass is 1210 g/mol. The molecular weight excluding hydrogens is 1060 g/mol. The van der Waals surface area contributed by atoms with Crippen molar-refractivity contribution in [1.82, 2.24) is 0 Å². The number of carbonyl (C=O) groups is 2. The number of allylic oxidation sites excluding steroid dienone is 20. The highest BCUT2D eigenvalue weighted by Gasteiger charge is 2.16. The normalized spacial score (nSPS) is 12.9. The topological polar surface area (TPSA) is 72.8 Å². The number of carbonyl (C=O) groups excluding carboxylic acids is 2. The molecule has 0 amide bonds. The lowest BCUT2D eigenvalue weighted by molar-refractivity contribution is -0.161. The lowest BCUT2D eigenvalue weighted by Gasteiger charge is -2.15. The van der Waals surface area contributed by atoms with E-state index in [1.165, 1.54) is 238 Å². The van der Waals surface area contributed by atoms with Crippen LogP contribution in [0.1, 0.15) is 367 Å². The minimum Gasteiger partial charge on any atom is -0.462 e. The third-order valence-electron chi connectivity index (χ3n) is 16.5. The Morgan fingerprint density at radius 3 is 0.747 bits per heavy atom. The number of hydrogen-bond acceptors (Lipinski definition) is 5. The highest BCUT2D eigenvalue weighted by Crippen LogP contribution is 2.19. The van der Waals surface area contributed by atoms with Crippen molar-refractivity contribution >= 4 is 11.9 Å². The summed E-state index contributed by atoms with van der Waals surface area (Å²) in [5.41, 5.74) is 0. The number of ether oxygens (including phenoxy) is 2. The van der Waals surface area contributed by atoms with Crippen molar-refractivity contribution in [2.45, 2.75) is 373 Å². The SMILES string of the molecule is CC/C=C\C/C=C\C/C=C\C/C=C\C/C=C\C/C=C\C/C=C\C/C=C\C/C=C\C/C=C\CCCCCCCCCCCCC(=O)OC(CO)COC(=O)CCCCCCCCCCCCCCCCCCCCCCCCCCCCCCCCCC. The lowest BCUT2D eigenvalue weighted by Crippen LogP contribution is -2.28. The first-order valence-electron chi connectivity index (χ1n) is 37.6. The summed E-state index contributed by atoms with van der Waals surface area (Å²) in [5.74, 6) is -0.584. The maximum absolute atomic E-state index is 12.4. The summed E-state index contributed by atoms with van der Waals surface area (Å²) < 4.78 is 10.8. The van der Waals surface area contributed by atoms with Gasteiger partial charge in [-0.05, 0) is 89.9 Å². The Labute approximate surface area is 541 Å². The predicted molar refractivity (Wildman–Crippen MR) is 385 cm³/mol. The molecule has 87 heavy (non-hydrogen) atoms. The first-order chi connectivity index (χ1) is 43.1. The van der Waals surface area contributed by atoms with E-state index in [9.17, 15) is 14.7 Å². The van der Waals surface area contributed by atoms with Crippen LogP contribution in [0, 0.1) is 0 Å². The molecular formula is C82H142O5. The highest BCUT2D eigenvalue weighted by molar-refractivity contribution is 5.70. The summed E-state index contributed by atoms with van der Waals surface area (Å²) in [6.45, 7) is 4.07. The molecule has 0 saturated heterocycles. The molecule has 0 aliphatic rings. The van der Waals surface area contributed by atoms with E-state index in [2.05, 4.69) is 135 Å². The molecule has 0 aromatic carbocycles. The molecule has 0 saturated carbocycles. The Kier molecular flexibility index (Phi) is 73.3. The zero-order valence-electron chi connectivity index (χ0n) is 57.5. The molecule has 0 rings (SSSR count). The van der Waals surface area contributed by atoms with Crippen LogP contribution in [0.15, 0.2) is 122 Å². The van der Waals surface area contributed by atoms with Crippen LogP contribution in [-0.4, -0.2) is 36.4 Å². The van der Waals surface area contributed by atoms with Crippen LogP contribution in [0.25, 0.3) is 0 Å². The number of hydrogen-bond donors (Lipinski definition) is 1. The van der Waals surface area contributed by atoms with Crippen LogP contribution in [0.4, 0.5) is 0 Å². The average molecular weight is 1210 g/mol. The minimum atomic E-state index is -0.781. The Morgan fingerprint density at radius 2 is 0.494 bits per heavy atom. The second-order valence-corrected chi connectivity index (χ2v) is 25.0. The fourth-order valence-electron chi connectivity index (χ4n) is 10.9.